The third-order valence-corrected chi connectivity index (χ3v) is 7.19. The predicted octanol–water partition coefficient (Wildman–Crippen LogP) is 4.60. The molecule has 2 fully saturated rings. The van der Waals surface area contributed by atoms with Gasteiger partial charge in [0.1, 0.15) is 17.7 Å². The van der Waals surface area contributed by atoms with Gasteiger partial charge in [0.05, 0.1) is 30.3 Å². The van der Waals surface area contributed by atoms with Crippen molar-refractivity contribution < 1.29 is 66.8 Å². The number of carbonyl (C=O) groups excluding carboxylic acids is 3. The van der Waals surface area contributed by atoms with Crippen LogP contribution in [0.2, 0.25) is 0 Å². The van der Waals surface area contributed by atoms with Crippen molar-refractivity contribution in [2.45, 2.75) is 141 Å². The van der Waals surface area contributed by atoms with Crippen LogP contribution in [0.15, 0.2) is 12.2 Å². The topological polar surface area (TPSA) is 110 Å². The zero-order valence-corrected chi connectivity index (χ0v) is 25.1. The molecule has 0 saturated carbocycles. The van der Waals surface area contributed by atoms with Crippen LogP contribution in [0.4, 0.5) is 0 Å². The molecule has 0 aromatic carbocycles. The number of hydrogen-bond acceptors (Lipinski definition) is 7. The fraction of sp³-hybridized carbons (Fsp3) is 0.821. The van der Waals surface area contributed by atoms with Crippen LogP contribution < -0.4 is 0 Å². The average molecular weight is 584 g/mol. The first-order valence-corrected chi connectivity index (χ1v) is 13.6. The van der Waals surface area contributed by atoms with Crippen molar-refractivity contribution in [1.29, 1.82) is 0 Å². The van der Waals surface area contributed by atoms with Crippen molar-refractivity contribution in [3.8, 4) is 0 Å². The molecule has 0 spiro atoms. The predicted molar refractivity (Wildman–Crippen MR) is 134 cm³/mol. The molecule has 2 aliphatic heterocycles. The molecule has 0 aromatic heterocycles. The van der Waals surface area contributed by atoms with E-state index in [0.29, 0.717) is 32.1 Å². The summed E-state index contributed by atoms with van der Waals surface area (Å²) >= 11 is 0. The molecule has 0 aromatic rings. The number of esters is 1. The molecule has 2 rings (SSSR count). The number of carbonyl (C=O) groups is 3. The van der Waals surface area contributed by atoms with Gasteiger partial charge in [0.2, 0.25) is 0 Å². The molecule has 0 amide bonds. The fourth-order valence-electron chi connectivity index (χ4n) is 5.14. The molecule has 8 heteroatoms. The number of unbranched alkanes of at least 4 members (excludes halogenated alkanes) is 3. The van der Waals surface area contributed by atoms with Crippen LogP contribution in [0, 0.1) is 5.92 Å². The van der Waals surface area contributed by atoms with Gasteiger partial charge in [0.15, 0.2) is 0 Å². The van der Waals surface area contributed by atoms with E-state index in [1.165, 1.54) is 6.92 Å². The maximum absolute atomic E-state index is 12.1. The summed E-state index contributed by atoms with van der Waals surface area (Å²) in [6, 6.07) is 0. The number of ether oxygens (including phenoxy) is 2. The van der Waals surface area contributed by atoms with E-state index in [9.17, 15) is 24.6 Å². The summed E-state index contributed by atoms with van der Waals surface area (Å²) in [5.41, 5.74) is 0. The number of rotatable bonds is 18. The molecule has 0 bridgehead atoms. The number of ketones is 2. The smallest absolute Gasteiger partial charge is 0.309 e. The molecule has 203 valence electrons. The summed E-state index contributed by atoms with van der Waals surface area (Å²) in [6.45, 7) is 3.46. The zero-order valence-electron chi connectivity index (χ0n) is 22.2. The quantitative estimate of drug-likeness (QED) is 0.138. The van der Waals surface area contributed by atoms with Crippen LogP contribution in [0.25, 0.3) is 0 Å². The van der Waals surface area contributed by atoms with Crippen molar-refractivity contribution in [2.75, 3.05) is 0 Å². The van der Waals surface area contributed by atoms with E-state index in [-0.39, 0.29) is 80.9 Å². The molecular formula is C28H46O7Y. The van der Waals surface area contributed by atoms with Gasteiger partial charge in [-0.3, -0.25) is 9.59 Å². The Labute approximate surface area is 242 Å². The van der Waals surface area contributed by atoms with Crippen LogP contribution >= 0.6 is 0 Å². The number of aliphatic hydroxyl groups excluding tert-OH is 2. The third kappa shape index (κ3) is 12.9. The van der Waals surface area contributed by atoms with Crippen LogP contribution in [0.1, 0.15) is 110 Å². The minimum atomic E-state index is -0.516. The summed E-state index contributed by atoms with van der Waals surface area (Å²) in [4.78, 5) is 35.1. The summed E-state index contributed by atoms with van der Waals surface area (Å²) in [5.74, 6) is -0.279. The molecular weight excluding hydrogens is 537 g/mol. The van der Waals surface area contributed by atoms with Gasteiger partial charge in [-0.15, -0.1) is 0 Å². The Morgan fingerprint density at radius 1 is 1.00 bits per heavy atom. The van der Waals surface area contributed by atoms with Gasteiger partial charge in [-0.05, 0) is 78.1 Å². The maximum atomic E-state index is 12.1. The summed E-state index contributed by atoms with van der Waals surface area (Å²) in [5, 5.41) is 20.7. The Kier molecular flexibility index (Phi) is 17.5. The summed E-state index contributed by atoms with van der Waals surface area (Å²) < 4.78 is 11.3. The maximum Gasteiger partial charge on any atom is 0.309 e. The Hall–Kier alpha value is -0.466. The van der Waals surface area contributed by atoms with E-state index in [2.05, 4.69) is 0 Å². The first-order valence-electron chi connectivity index (χ1n) is 13.6. The minimum Gasteiger partial charge on any atom is -0.462 e. The van der Waals surface area contributed by atoms with Gasteiger partial charge in [0, 0.05) is 52.0 Å². The zero-order chi connectivity index (χ0) is 25.6. The largest absolute Gasteiger partial charge is 0.462 e. The second kappa shape index (κ2) is 18.7. The number of Topliss-reactive ketones (excluding diaryl/α,β-unsaturated/α-hetero) is 2. The van der Waals surface area contributed by atoms with Crippen molar-refractivity contribution >= 4 is 17.5 Å². The van der Waals surface area contributed by atoms with Crippen LogP contribution in [-0.4, -0.2) is 58.3 Å². The van der Waals surface area contributed by atoms with E-state index in [1.807, 2.05) is 19.1 Å². The molecule has 2 aliphatic rings. The number of aliphatic hydroxyl groups is 2. The van der Waals surface area contributed by atoms with Gasteiger partial charge in [-0.1, -0.05) is 25.0 Å². The first kappa shape index (κ1) is 33.6. The molecule has 36 heavy (non-hydrogen) atoms. The molecule has 6 atom stereocenters. The molecule has 7 nitrogen and oxygen atoms in total. The summed E-state index contributed by atoms with van der Waals surface area (Å²) in [6.07, 6.45) is 13.2. The van der Waals surface area contributed by atoms with Crippen LogP contribution in [-0.2, 0) is 56.6 Å². The van der Waals surface area contributed by atoms with Crippen molar-refractivity contribution in [3.63, 3.8) is 0 Å². The number of hydrogen-bond donors (Lipinski definition) is 2. The Morgan fingerprint density at radius 2 is 1.64 bits per heavy atom. The molecule has 6 unspecified atom stereocenters. The van der Waals surface area contributed by atoms with Crippen molar-refractivity contribution in [2.24, 2.45) is 5.92 Å². The van der Waals surface area contributed by atoms with Gasteiger partial charge in [-0.2, -0.15) is 0 Å². The van der Waals surface area contributed by atoms with E-state index < -0.39 is 12.2 Å². The van der Waals surface area contributed by atoms with Crippen LogP contribution in [0.5, 0.6) is 0 Å². The number of cyclic esters (lactones) is 1. The second-order valence-electron chi connectivity index (χ2n) is 10.4. The minimum absolute atomic E-state index is 0. The molecule has 1 radical (unpaired) electrons. The molecule has 0 aliphatic carbocycles. The monoisotopic (exact) mass is 583 g/mol. The number of allylic oxidation sites excluding steroid dienone is 2. The normalized spacial score (nSPS) is 25.5. The first-order chi connectivity index (χ1) is 16.8. The van der Waals surface area contributed by atoms with E-state index >= 15 is 0 Å². The second-order valence-corrected chi connectivity index (χ2v) is 10.4. The van der Waals surface area contributed by atoms with Gasteiger partial charge >= 0.3 is 5.97 Å². The van der Waals surface area contributed by atoms with Crippen molar-refractivity contribution in [1.82, 2.24) is 0 Å². The van der Waals surface area contributed by atoms with E-state index in [0.717, 1.165) is 57.8 Å². The van der Waals surface area contributed by atoms with Crippen LogP contribution in [0.3, 0.4) is 0 Å². The Balaban J connectivity index is 0.00000648. The molecule has 2 heterocycles. The van der Waals surface area contributed by atoms with Crippen molar-refractivity contribution in [3.05, 3.63) is 12.2 Å². The third-order valence-electron chi connectivity index (χ3n) is 7.19. The SMILES string of the molecule is C/C=C\CCC(O)C1CCC(C(O)CCCCCC(=O)CCCCC2CC(CC(C)=O)C(=O)O2)O1.[Y]. The standard InChI is InChI=1S/C28H46O7.Y/c1-3-4-6-14-24(31)26-16-17-27(35-26)25(32)15-8-5-7-11-22(30)12-9-10-13-23-19-21(18-20(2)29)28(33)34-23;/h3-4,21,23-27,31-32H,5-19H2,1-2H3;/b4-3-;. The van der Waals surface area contributed by atoms with E-state index in [1.54, 1.807) is 0 Å². The average Bonchev–Trinajstić information content (AvgIpc) is 3.43. The fourth-order valence-corrected chi connectivity index (χ4v) is 5.14. The molecule has 2 saturated heterocycles. The van der Waals surface area contributed by atoms with Gasteiger partial charge in [-0.25, -0.2) is 0 Å². The van der Waals surface area contributed by atoms with Gasteiger partial charge < -0.3 is 24.5 Å². The summed E-state index contributed by atoms with van der Waals surface area (Å²) in [7, 11) is 0. The molecule has 2 N–H and O–H groups in total. The Bertz CT molecular complexity index is 695. The van der Waals surface area contributed by atoms with Gasteiger partial charge in [0.25, 0.3) is 0 Å². The van der Waals surface area contributed by atoms with E-state index in [4.69, 9.17) is 9.47 Å². The Morgan fingerprint density at radius 3 is 2.28 bits per heavy atom.